The van der Waals surface area contributed by atoms with Crippen LogP contribution in [0.3, 0.4) is 0 Å². The van der Waals surface area contributed by atoms with Crippen molar-refractivity contribution in [1.29, 1.82) is 0 Å². The summed E-state index contributed by atoms with van der Waals surface area (Å²) in [7, 11) is 0. The first-order valence-corrected chi connectivity index (χ1v) is 8.22. The first-order chi connectivity index (χ1) is 9.74. The summed E-state index contributed by atoms with van der Waals surface area (Å²) in [6, 6.07) is 0.261. The SMILES string of the molecule is CCCn1ncc(Cl)c1C(NCC)C1CC2CCC1O2. The molecule has 1 aromatic heterocycles. The summed E-state index contributed by atoms with van der Waals surface area (Å²) in [5, 5.41) is 8.86. The molecule has 20 heavy (non-hydrogen) atoms. The van der Waals surface area contributed by atoms with Gasteiger partial charge in [0.15, 0.2) is 0 Å². The molecule has 2 saturated heterocycles. The third-order valence-corrected chi connectivity index (χ3v) is 4.86. The van der Waals surface area contributed by atoms with E-state index in [-0.39, 0.29) is 6.04 Å². The molecule has 0 aliphatic carbocycles. The van der Waals surface area contributed by atoms with Gasteiger partial charge >= 0.3 is 0 Å². The van der Waals surface area contributed by atoms with Crippen LogP contribution in [0, 0.1) is 5.92 Å². The maximum Gasteiger partial charge on any atom is 0.0834 e. The Morgan fingerprint density at radius 1 is 1.50 bits per heavy atom. The summed E-state index contributed by atoms with van der Waals surface area (Å²) >= 11 is 6.43. The van der Waals surface area contributed by atoms with Crippen molar-refractivity contribution in [3.63, 3.8) is 0 Å². The molecule has 2 fully saturated rings. The number of halogens is 1. The van der Waals surface area contributed by atoms with E-state index < -0.39 is 0 Å². The Morgan fingerprint density at radius 2 is 2.35 bits per heavy atom. The van der Waals surface area contributed by atoms with E-state index in [1.807, 2.05) is 0 Å². The summed E-state index contributed by atoms with van der Waals surface area (Å²) in [5.41, 5.74) is 1.15. The molecule has 0 amide bonds. The number of ether oxygens (including phenoxy) is 1. The zero-order valence-electron chi connectivity index (χ0n) is 12.3. The third-order valence-electron chi connectivity index (χ3n) is 4.57. The Balaban J connectivity index is 1.88. The van der Waals surface area contributed by atoms with Crippen LogP contribution in [0.15, 0.2) is 6.20 Å². The van der Waals surface area contributed by atoms with Crippen molar-refractivity contribution in [2.24, 2.45) is 5.92 Å². The summed E-state index contributed by atoms with van der Waals surface area (Å²) in [6.45, 7) is 6.18. The predicted octanol–water partition coefficient (Wildman–Crippen LogP) is 3.16. The molecular formula is C15H24ClN3O. The zero-order chi connectivity index (χ0) is 14.1. The Kier molecular flexibility index (Phi) is 4.34. The lowest BCUT2D eigenvalue weighted by molar-refractivity contribution is 0.0850. The number of fused-ring (bicyclic) bond motifs is 2. The summed E-state index contributed by atoms with van der Waals surface area (Å²) < 4.78 is 8.11. The van der Waals surface area contributed by atoms with Crippen LogP contribution in [-0.2, 0) is 11.3 Å². The van der Waals surface area contributed by atoms with Gasteiger partial charge in [-0.15, -0.1) is 0 Å². The largest absolute Gasteiger partial charge is 0.375 e. The van der Waals surface area contributed by atoms with E-state index in [9.17, 15) is 0 Å². The van der Waals surface area contributed by atoms with Gasteiger partial charge in [-0.3, -0.25) is 4.68 Å². The highest BCUT2D eigenvalue weighted by Crippen LogP contribution is 2.45. The molecule has 112 valence electrons. The molecule has 2 bridgehead atoms. The van der Waals surface area contributed by atoms with E-state index >= 15 is 0 Å². The molecule has 1 N–H and O–H groups in total. The highest BCUT2D eigenvalue weighted by Gasteiger charge is 2.45. The number of nitrogens with one attached hydrogen (secondary N) is 1. The minimum absolute atomic E-state index is 0.261. The maximum absolute atomic E-state index is 6.43. The number of aromatic nitrogens is 2. The second-order valence-electron chi connectivity index (χ2n) is 5.91. The Morgan fingerprint density at radius 3 is 2.95 bits per heavy atom. The molecule has 4 unspecified atom stereocenters. The van der Waals surface area contributed by atoms with Gasteiger partial charge in [-0.25, -0.2) is 0 Å². The number of hydrogen-bond acceptors (Lipinski definition) is 3. The monoisotopic (exact) mass is 297 g/mol. The fraction of sp³-hybridized carbons (Fsp3) is 0.800. The highest BCUT2D eigenvalue weighted by molar-refractivity contribution is 6.31. The van der Waals surface area contributed by atoms with Crippen LogP contribution >= 0.6 is 11.6 Å². The highest BCUT2D eigenvalue weighted by atomic mass is 35.5. The van der Waals surface area contributed by atoms with Crippen LogP contribution in [0.5, 0.6) is 0 Å². The van der Waals surface area contributed by atoms with Crippen molar-refractivity contribution in [2.45, 2.75) is 64.3 Å². The molecule has 1 aromatic rings. The van der Waals surface area contributed by atoms with Crippen LogP contribution in [-0.4, -0.2) is 28.5 Å². The third kappa shape index (κ3) is 2.49. The number of rotatable bonds is 6. The van der Waals surface area contributed by atoms with E-state index in [0.717, 1.165) is 36.6 Å². The van der Waals surface area contributed by atoms with Crippen LogP contribution in [0.1, 0.15) is 51.3 Å². The van der Waals surface area contributed by atoms with E-state index in [1.54, 1.807) is 6.20 Å². The van der Waals surface area contributed by atoms with Gasteiger partial charge < -0.3 is 10.1 Å². The lowest BCUT2D eigenvalue weighted by Crippen LogP contribution is -2.35. The standard InChI is InChI=1S/C15H24ClN3O/c1-3-7-19-15(12(16)9-18-19)14(17-4-2)11-8-10-5-6-13(11)20-10/h9-11,13-14,17H,3-8H2,1-2H3. The maximum atomic E-state index is 6.43. The smallest absolute Gasteiger partial charge is 0.0834 e. The summed E-state index contributed by atoms with van der Waals surface area (Å²) in [4.78, 5) is 0. The minimum atomic E-state index is 0.261. The normalized spacial score (nSPS) is 30.1. The van der Waals surface area contributed by atoms with Crippen molar-refractivity contribution in [1.82, 2.24) is 15.1 Å². The van der Waals surface area contributed by atoms with E-state index in [4.69, 9.17) is 16.3 Å². The fourth-order valence-electron chi connectivity index (χ4n) is 3.77. The molecule has 3 heterocycles. The van der Waals surface area contributed by atoms with Gasteiger partial charge in [0.1, 0.15) is 0 Å². The molecule has 5 heteroatoms. The van der Waals surface area contributed by atoms with Crippen LogP contribution in [0.4, 0.5) is 0 Å². The molecule has 0 aromatic carbocycles. The van der Waals surface area contributed by atoms with Crippen molar-refractivity contribution < 1.29 is 4.74 Å². The molecule has 4 nitrogen and oxygen atoms in total. The Hall–Kier alpha value is -0.580. The molecule has 4 atom stereocenters. The molecule has 2 aliphatic rings. The minimum Gasteiger partial charge on any atom is -0.375 e. The quantitative estimate of drug-likeness (QED) is 0.876. The molecular weight excluding hydrogens is 274 g/mol. The van der Waals surface area contributed by atoms with Crippen LogP contribution in [0.25, 0.3) is 0 Å². The first-order valence-electron chi connectivity index (χ1n) is 7.84. The van der Waals surface area contributed by atoms with E-state index in [2.05, 4.69) is 28.9 Å². The zero-order valence-corrected chi connectivity index (χ0v) is 13.1. The average Bonchev–Trinajstić information content (AvgIpc) is 3.13. The second kappa shape index (κ2) is 6.04. The molecule has 0 spiro atoms. The molecule has 2 aliphatic heterocycles. The van der Waals surface area contributed by atoms with E-state index in [0.29, 0.717) is 18.1 Å². The van der Waals surface area contributed by atoms with Gasteiger partial charge in [0.25, 0.3) is 0 Å². The average molecular weight is 298 g/mol. The van der Waals surface area contributed by atoms with Crippen molar-refractivity contribution in [2.75, 3.05) is 6.54 Å². The van der Waals surface area contributed by atoms with Gasteiger partial charge in [-0.1, -0.05) is 25.4 Å². The van der Waals surface area contributed by atoms with Gasteiger partial charge in [0, 0.05) is 12.5 Å². The first kappa shape index (κ1) is 14.4. The lowest BCUT2D eigenvalue weighted by atomic mass is 9.82. The van der Waals surface area contributed by atoms with Gasteiger partial charge in [-0.05, 0) is 32.2 Å². The number of nitrogens with zero attached hydrogens (tertiary/aromatic N) is 2. The number of hydrogen-bond donors (Lipinski definition) is 1. The van der Waals surface area contributed by atoms with Crippen molar-refractivity contribution in [3.8, 4) is 0 Å². The Bertz CT molecular complexity index is 462. The topological polar surface area (TPSA) is 39.1 Å². The number of aryl methyl sites for hydroxylation is 1. The molecule has 0 saturated carbocycles. The Labute approximate surface area is 125 Å². The predicted molar refractivity (Wildman–Crippen MR) is 79.9 cm³/mol. The molecule has 0 radical (unpaired) electrons. The van der Waals surface area contributed by atoms with Gasteiger partial charge in [0.05, 0.1) is 35.2 Å². The summed E-state index contributed by atoms with van der Waals surface area (Å²) in [5.74, 6) is 0.526. The fourth-order valence-corrected chi connectivity index (χ4v) is 4.03. The summed E-state index contributed by atoms with van der Waals surface area (Å²) in [6.07, 6.45) is 7.27. The van der Waals surface area contributed by atoms with Crippen molar-refractivity contribution in [3.05, 3.63) is 16.9 Å². The van der Waals surface area contributed by atoms with Crippen molar-refractivity contribution >= 4 is 11.6 Å². The lowest BCUT2D eigenvalue weighted by Gasteiger charge is -2.30. The van der Waals surface area contributed by atoms with Crippen LogP contribution in [0.2, 0.25) is 5.02 Å². The molecule has 3 rings (SSSR count). The second-order valence-corrected chi connectivity index (χ2v) is 6.32. The van der Waals surface area contributed by atoms with Gasteiger partial charge in [0.2, 0.25) is 0 Å². The van der Waals surface area contributed by atoms with Gasteiger partial charge in [-0.2, -0.15) is 5.10 Å². The van der Waals surface area contributed by atoms with Crippen LogP contribution < -0.4 is 5.32 Å². The van der Waals surface area contributed by atoms with E-state index in [1.165, 1.54) is 12.8 Å².